The molecule has 1 atom stereocenters. The van der Waals surface area contributed by atoms with E-state index in [0.29, 0.717) is 19.5 Å². The van der Waals surface area contributed by atoms with Crippen molar-refractivity contribution in [3.05, 3.63) is 0 Å². The minimum Gasteiger partial charge on any atom is -0.481 e. The molecule has 1 saturated heterocycles. The first kappa shape index (κ1) is 12.4. The molecular weight excluding hydrogens is 218 g/mol. The summed E-state index contributed by atoms with van der Waals surface area (Å²) in [6.07, 6.45) is 6.16. The van der Waals surface area contributed by atoms with Gasteiger partial charge in [-0.3, -0.25) is 9.59 Å². The van der Waals surface area contributed by atoms with Crippen molar-refractivity contribution in [2.75, 3.05) is 13.1 Å². The van der Waals surface area contributed by atoms with E-state index < -0.39 is 11.4 Å². The van der Waals surface area contributed by atoms with Crippen LogP contribution in [0.3, 0.4) is 0 Å². The van der Waals surface area contributed by atoms with Gasteiger partial charge >= 0.3 is 5.97 Å². The highest BCUT2D eigenvalue weighted by atomic mass is 16.4. The monoisotopic (exact) mass is 239 g/mol. The summed E-state index contributed by atoms with van der Waals surface area (Å²) in [5, 5.41) is 9.58. The van der Waals surface area contributed by atoms with Crippen molar-refractivity contribution in [3.63, 3.8) is 0 Å². The van der Waals surface area contributed by atoms with E-state index >= 15 is 0 Å². The Bertz CT molecular complexity index is 323. The molecule has 0 radical (unpaired) electrons. The molecule has 1 unspecified atom stereocenters. The maximum Gasteiger partial charge on any atom is 0.311 e. The van der Waals surface area contributed by atoms with Gasteiger partial charge in [-0.15, -0.1) is 0 Å². The summed E-state index contributed by atoms with van der Waals surface area (Å²) in [4.78, 5) is 24.7. The summed E-state index contributed by atoms with van der Waals surface area (Å²) in [6, 6.07) is 0. The maximum atomic E-state index is 11.7. The van der Waals surface area contributed by atoms with Gasteiger partial charge in [0.2, 0.25) is 5.91 Å². The van der Waals surface area contributed by atoms with E-state index in [1.54, 1.807) is 4.90 Å². The van der Waals surface area contributed by atoms with E-state index in [0.717, 1.165) is 25.7 Å². The summed E-state index contributed by atoms with van der Waals surface area (Å²) in [6.45, 7) is 2.55. The van der Waals surface area contributed by atoms with Gasteiger partial charge in [-0.1, -0.05) is 19.3 Å². The number of amides is 1. The first-order valence-corrected chi connectivity index (χ1v) is 6.55. The molecule has 1 aliphatic heterocycles. The van der Waals surface area contributed by atoms with Gasteiger partial charge in [0.1, 0.15) is 0 Å². The molecule has 0 aromatic carbocycles. The second-order valence-electron chi connectivity index (χ2n) is 5.49. The average Bonchev–Trinajstić information content (AvgIpc) is 2.76. The van der Waals surface area contributed by atoms with Crippen LogP contribution in [0.1, 0.15) is 45.4 Å². The fourth-order valence-electron chi connectivity index (χ4n) is 3.44. The highest BCUT2D eigenvalue weighted by Crippen LogP contribution is 2.45. The Hall–Kier alpha value is -1.06. The Morgan fingerprint density at radius 1 is 1.24 bits per heavy atom. The van der Waals surface area contributed by atoms with Crippen LogP contribution in [-0.4, -0.2) is 35.0 Å². The number of carbonyl (C=O) groups excluding carboxylic acids is 1. The number of rotatable bonds is 2. The Morgan fingerprint density at radius 3 is 2.35 bits per heavy atom. The van der Waals surface area contributed by atoms with Crippen molar-refractivity contribution in [3.8, 4) is 0 Å². The zero-order valence-corrected chi connectivity index (χ0v) is 10.4. The Balaban J connectivity index is 2.16. The topological polar surface area (TPSA) is 57.6 Å². The summed E-state index contributed by atoms with van der Waals surface area (Å²) >= 11 is 0. The molecule has 96 valence electrons. The van der Waals surface area contributed by atoms with Crippen molar-refractivity contribution < 1.29 is 14.7 Å². The van der Waals surface area contributed by atoms with Crippen molar-refractivity contribution in [1.29, 1.82) is 0 Å². The van der Waals surface area contributed by atoms with E-state index in [4.69, 9.17) is 0 Å². The lowest BCUT2D eigenvalue weighted by Gasteiger charge is -2.36. The van der Waals surface area contributed by atoms with Gasteiger partial charge in [-0.25, -0.2) is 0 Å². The molecule has 2 aliphatic rings. The molecule has 1 aliphatic carbocycles. The van der Waals surface area contributed by atoms with E-state index in [1.807, 2.05) is 0 Å². The number of likely N-dealkylation sites (tertiary alicyclic amines) is 1. The number of nitrogens with zero attached hydrogens (tertiary/aromatic N) is 1. The van der Waals surface area contributed by atoms with Gasteiger partial charge in [-0.05, 0) is 25.2 Å². The molecule has 1 amide bonds. The highest BCUT2D eigenvalue weighted by Gasteiger charge is 2.50. The number of hydrogen-bond donors (Lipinski definition) is 1. The van der Waals surface area contributed by atoms with Crippen LogP contribution in [0.2, 0.25) is 0 Å². The molecule has 1 saturated carbocycles. The fraction of sp³-hybridized carbons (Fsp3) is 0.846. The van der Waals surface area contributed by atoms with Gasteiger partial charge in [0.15, 0.2) is 0 Å². The molecule has 1 N–H and O–H groups in total. The minimum atomic E-state index is -0.701. The molecule has 4 nitrogen and oxygen atoms in total. The molecule has 0 spiro atoms. The first-order valence-electron chi connectivity index (χ1n) is 6.55. The molecule has 0 bridgehead atoms. The summed E-state index contributed by atoms with van der Waals surface area (Å²) in [5.74, 6) is -0.435. The van der Waals surface area contributed by atoms with Crippen LogP contribution in [-0.2, 0) is 9.59 Å². The van der Waals surface area contributed by atoms with Gasteiger partial charge in [-0.2, -0.15) is 0 Å². The van der Waals surface area contributed by atoms with Crippen LogP contribution in [0.15, 0.2) is 0 Å². The van der Waals surface area contributed by atoms with Crippen LogP contribution in [0.4, 0.5) is 0 Å². The van der Waals surface area contributed by atoms with Crippen molar-refractivity contribution in [2.45, 2.75) is 45.4 Å². The van der Waals surface area contributed by atoms with E-state index in [2.05, 4.69) is 0 Å². The van der Waals surface area contributed by atoms with Crippen LogP contribution in [0.5, 0.6) is 0 Å². The van der Waals surface area contributed by atoms with Gasteiger partial charge in [0, 0.05) is 20.0 Å². The van der Waals surface area contributed by atoms with E-state index in [1.165, 1.54) is 13.3 Å². The Labute approximate surface area is 102 Å². The third-order valence-corrected chi connectivity index (χ3v) is 4.56. The third-order valence-electron chi connectivity index (χ3n) is 4.56. The van der Waals surface area contributed by atoms with Crippen LogP contribution >= 0.6 is 0 Å². The number of hydrogen-bond acceptors (Lipinski definition) is 2. The number of carboxylic acid groups (broad SMARTS) is 1. The standard InChI is InChI=1S/C13H21NO3/c1-10(15)14-8-7-13(9-14,12(16)17)11-5-3-2-4-6-11/h11H,2-9H2,1H3,(H,16,17). The number of carbonyl (C=O) groups is 2. The fourth-order valence-corrected chi connectivity index (χ4v) is 3.44. The molecule has 0 aromatic heterocycles. The lowest BCUT2D eigenvalue weighted by molar-refractivity contribution is -0.153. The summed E-state index contributed by atoms with van der Waals surface area (Å²) in [7, 11) is 0. The van der Waals surface area contributed by atoms with Crippen molar-refractivity contribution in [1.82, 2.24) is 4.90 Å². The van der Waals surface area contributed by atoms with E-state index in [9.17, 15) is 14.7 Å². The Morgan fingerprint density at radius 2 is 1.88 bits per heavy atom. The van der Waals surface area contributed by atoms with E-state index in [-0.39, 0.29) is 11.8 Å². The van der Waals surface area contributed by atoms with Crippen molar-refractivity contribution >= 4 is 11.9 Å². The molecule has 0 aromatic rings. The molecule has 4 heteroatoms. The second-order valence-corrected chi connectivity index (χ2v) is 5.49. The SMILES string of the molecule is CC(=O)N1CCC(C(=O)O)(C2CCCCC2)C1. The van der Waals surface area contributed by atoms with Crippen LogP contribution < -0.4 is 0 Å². The zero-order chi connectivity index (χ0) is 12.5. The number of carboxylic acids is 1. The quantitative estimate of drug-likeness (QED) is 0.800. The second kappa shape index (κ2) is 4.67. The Kier molecular flexibility index (Phi) is 3.40. The van der Waals surface area contributed by atoms with Gasteiger partial charge in [0.25, 0.3) is 0 Å². The third kappa shape index (κ3) is 2.17. The van der Waals surface area contributed by atoms with Crippen LogP contribution in [0, 0.1) is 11.3 Å². The molecule has 1 heterocycles. The summed E-state index contributed by atoms with van der Waals surface area (Å²) < 4.78 is 0. The largest absolute Gasteiger partial charge is 0.481 e. The zero-order valence-electron chi connectivity index (χ0n) is 10.4. The lowest BCUT2D eigenvalue weighted by Crippen LogP contribution is -2.43. The average molecular weight is 239 g/mol. The maximum absolute atomic E-state index is 11.7. The predicted molar refractivity (Wildman–Crippen MR) is 63.5 cm³/mol. The summed E-state index contributed by atoms with van der Waals surface area (Å²) in [5.41, 5.74) is -0.661. The normalized spacial score (nSPS) is 30.5. The van der Waals surface area contributed by atoms with Gasteiger partial charge in [0.05, 0.1) is 5.41 Å². The predicted octanol–water partition coefficient (Wildman–Crippen LogP) is 1.89. The first-order chi connectivity index (χ1) is 8.06. The number of aliphatic carboxylic acids is 1. The van der Waals surface area contributed by atoms with Gasteiger partial charge < -0.3 is 10.0 Å². The smallest absolute Gasteiger partial charge is 0.311 e. The minimum absolute atomic E-state index is 0.00364. The van der Waals surface area contributed by atoms with Crippen LogP contribution in [0.25, 0.3) is 0 Å². The molecule has 2 fully saturated rings. The molecule has 2 rings (SSSR count). The lowest BCUT2D eigenvalue weighted by atomic mass is 9.68. The molecule has 17 heavy (non-hydrogen) atoms. The highest BCUT2D eigenvalue weighted by molar-refractivity contribution is 5.79. The van der Waals surface area contributed by atoms with Crippen molar-refractivity contribution in [2.24, 2.45) is 11.3 Å². The molecular formula is C13H21NO3.